The molecule has 1 saturated heterocycles. The fraction of sp³-hybridized carbons (Fsp3) is 0.562. The number of rotatable bonds is 6. The number of ether oxygens (including phenoxy) is 1. The Morgan fingerprint density at radius 2 is 2.13 bits per heavy atom. The Bertz CT molecular complexity index is 645. The molecule has 6 nitrogen and oxygen atoms in total. The van der Waals surface area contributed by atoms with E-state index in [9.17, 15) is 13.2 Å². The van der Waals surface area contributed by atoms with Gasteiger partial charge in [0.15, 0.2) is 9.84 Å². The molecule has 1 aromatic carbocycles. The molecule has 1 aromatic rings. The summed E-state index contributed by atoms with van der Waals surface area (Å²) >= 11 is 0. The maximum absolute atomic E-state index is 12.6. The largest absolute Gasteiger partial charge is 0.495 e. The van der Waals surface area contributed by atoms with Crippen LogP contribution in [0.2, 0.25) is 0 Å². The van der Waals surface area contributed by atoms with Crippen LogP contribution in [0.1, 0.15) is 26.2 Å². The number of para-hydroxylation sites is 2. The van der Waals surface area contributed by atoms with E-state index >= 15 is 0 Å². The van der Waals surface area contributed by atoms with Gasteiger partial charge in [0.05, 0.1) is 24.3 Å². The Kier molecular flexibility index (Phi) is 5.87. The van der Waals surface area contributed by atoms with E-state index in [1.165, 1.54) is 0 Å². The molecule has 0 saturated carbocycles. The lowest BCUT2D eigenvalue weighted by Crippen LogP contribution is -2.44. The molecule has 2 amide bonds. The van der Waals surface area contributed by atoms with Crippen molar-refractivity contribution in [1.29, 1.82) is 0 Å². The zero-order chi connectivity index (χ0) is 16.9. The minimum Gasteiger partial charge on any atom is -0.495 e. The highest BCUT2D eigenvalue weighted by Gasteiger charge is 2.34. The molecule has 0 aromatic heterocycles. The van der Waals surface area contributed by atoms with E-state index in [4.69, 9.17) is 4.74 Å². The van der Waals surface area contributed by atoms with Crippen LogP contribution in [-0.4, -0.2) is 50.6 Å². The highest BCUT2D eigenvalue weighted by atomic mass is 32.2. The van der Waals surface area contributed by atoms with Crippen LogP contribution in [0, 0.1) is 0 Å². The van der Waals surface area contributed by atoms with Crippen LogP contribution in [0.4, 0.5) is 10.5 Å². The van der Waals surface area contributed by atoms with Gasteiger partial charge in [-0.15, -0.1) is 0 Å². The number of nitrogens with zero attached hydrogens (tertiary/aromatic N) is 1. The van der Waals surface area contributed by atoms with Crippen molar-refractivity contribution in [2.24, 2.45) is 0 Å². The number of hydrogen-bond donors (Lipinski definition) is 1. The third-order valence-corrected chi connectivity index (χ3v) is 5.76. The number of carbonyl (C=O) groups excluding carboxylic acids is 1. The topological polar surface area (TPSA) is 75.7 Å². The van der Waals surface area contributed by atoms with Gasteiger partial charge >= 0.3 is 6.03 Å². The molecule has 0 unspecified atom stereocenters. The first-order valence-electron chi connectivity index (χ1n) is 7.88. The van der Waals surface area contributed by atoms with E-state index in [2.05, 4.69) is 5.32 Å². The maximum atomic E-state index is 12.6. The average molecular weight is 340 g/mol. The fourth-order valence-electron chi connectivity index (χ4n) is 2.73. The summed E-state index contributed by atoms with van der Waals surface area (Å²) in [4.78, 5) is 14.3. The standard InChI is InChI=1S/C16H24N2O4S/c1-3-4-10-18(13-9-11-23(20,21)12-13)16(19)17-14-7-5-6-8-15(14)22-2/h5-8,13H,3-4,9-12H2,1-2H3,(H,17,19)/t13-/m0/s1. The number of hydrogen-bond acceptors (Lipinski definition) is 4. The Balaban J connectivity index is 2.13. The molecule has 128 valence electrons. The number of anilines is 1. The minimum atomic E-state index is -3.03. The lowest BCUT2D eigenvalue weighted by Gasteiger charge is -2.28. The summed E-state index contributed by atoms with van der Waals surface area (Å²) in [5, 5.41) is 2.84. The Labute approximate surface area is 137 Å². The lowest BCUT2D eigenvalue weighted by atomic mass is 10.2. The molecule has 0 bridgehead atoms. The fourth-order valence-corrected chi connectivity index (χ4v) is 4.47. The number of benzene rings is 1. The van der Waals surface area contributed by atoms with Crippen LogP contribution in [-0.2, 0) is 9.84 Å². The quantitative estimate of drug-likeness (QED) is 0.863. The van der Waals surface area contributed by atoms with Crippen LogP contribution in [0.5, 0.6) is 5.75 Å². The van der Waals surface area contributed by atoms with E-state index < -0.39 is 9.84 Å². The maximum Gasteiger partial charge on any atom is 0.322 e. The Hall–Kier alpha value is -1.76. The third kappa shape index (κ3) is 4.60. The van der Waals surface area contributed by atoms with Crippen molar-refractivity contribution in [3.05, 3.63) is 24.3 Å². The number of sulfone groups is 1. The van der Waals surface area contributed by atoms with Crippen molar-refractivity contribution in [1.82, 2.24) is 4.90 Å². The van der Waals surface area contributed by atoms with Crippen molar-refractivity contribution in [2.45, 2.75) is 32.2 Å². The van der Waals surface area contributed by atoms with Gasteiger partial charge in [-0.2, -0.15) is 0 Å². The van der Waals surface area contributed by atoms with Gasteiger partial charge in [-0.25, -0.2) is 13.2 Å². The molecule has 23 heavy (non-hydrogen) atoms. The third-order valence-electron chi connectivity index (χ3n) is 4.01. The van der Waals surface area contributed by atoms with Crippen molar-refractivity contribution >= 4 is 21.6 Å². The van der Waals surface area contributed by atoms with Gasteiger partial charge in [0.1, 0.15) is 5.75 Å². The molecule has 2 rings (SSSR count). The van der Waals surface area contributed by atoms with Crippen molar-refractivity contribution < 1.29 is 17.9 Å². The number of unbranched alkanes of at least 4 members (excludes halogenated alkanes) is 1. The average Bonchev–Trinajstić information content (AvgIpc) is 2.88. The summed E-state index contributed by atoms with van der Waals surface area (Å²) in [5.41, 5.74) is 0.586. The summed E-state index contributed by atoms with van der Waals surface area (Å²) in [7, 11) is -1.49. The monoisotopic (exact) mass is 340 g/mol. The van der Waals surface area contributed by atoms with Crippen molar-refractivity contribution in [3.8, 4) is 5.75 Å². The van der Waals surface area contributed by atoms with Gasteiger partial charge in [0.25, 0.3) is 0 Å². The van der Waals surface area contributed by atoms with Crippen LogP contribution in [0.3, 0.4) is 0 Å². The first-order valence-corrected chi connectivity index (χ1v) is 9.70. The van der Waals surface area contributed by atoms with Crippen LogP contribution >= 0.6 is 0 Å². The van der Waals surface area contributed by atoms with Crippen molar-refractivity contribution in [3.63, 3.8) is 0 Å². The first kappa shape index (κ1) is 17.6. The zero-order valence-electron chi connectivity index (χ0n) is 13.6. The Morgan fingerprint density at radius 3 is 2.74 bits per heavy atom. The molecule has 1 aliphatic rings. The second-order valence-corrected chi connectivity index (χ2v) is 7.96. The highest BCUT2D eigenvalue weighted by molar-refractivity contribution is 7.91. The summed E-state index contributed by atoms with van der Waals surface area (Å²) < 4.78 is 28.7. The highest BCUT2D eigenvalue weighted by Crippen LogP contribution is 2.25. The van der Waals surface area contributed by atoms with Gasteiger partial charge in [-0.05, 0) is 25.0 Å². The summed E-state index contributed by atoms with van der Waals surface area (Å²) in [6.45, 7) is 2.60. The lowest BCUT2D eigenvalue weighted by molar-refractivity contribution is 0.192. The predicted octanol–water partition coefficient (Wildman–Crippen LogP) is 2.52. The van der Waals surface area contributed by atoms with Crippen LogP contribution in [0.15, 0.2) is 24.3 Å². The number of carbonyl (C=O) groups is 1. The smallest absolute Gasteiger partial charge is 0.322 e. The van der Waals surface area contributed by atoms with E-state index in [0.717, 1.165) is 12.8 Å². The normalized spacial score (nSPS) is 19.3. The molecule has 1 N–H and O–H groups in total. The molecule has 7 heteroatoms. The molecule has 0 aliphatic carbocycles. The van der Waals surface area contributed by atoms with Crippen LogP contribution in [0.25, 0.3) is 0 Å². The Morgan fingerprint density at radius 1 is 1.39 bits per heavy atom. The van der Waals surface area contributed by atoms with Gasteiger partial charge < -0.3 is 15.0 Å². The number of nitrogens with one attached hydrogen (secondary N) is 1. The number of urea groups is 1. The van der Waals surface area contributed by atoms with E-state index in [0.29, 0.717) is 24.4 Å². The van der Waals surface area contributed by atoms with E-state index in [-0.39, 0.29) is 23.6 Å². The van der Waals surface area contributed by atoms with Gasteiger partial charge in [-0.1, -0.05) is 25.5 Å². The molecule has 0 spiro atoms. The van der Waals surface area contributed by atoms with E-state index in [1.54, 1.807) is 24.1 Å². The second kappa shape index (κ2) is 7.68. The second-order valence-electron chi connectivity index (χ2n) is 5.73. The molecule has 1 atom stereocenters. The molecule has 0 radical (unpaired) electrons. The zero-order valence-corrected chi connectivity index (χ0v) is 14.4. The van der Waals surface area contributed by atoms with Gasteiger partial charge in [0.2, 0.25) is 0 Å². The summed E-state index contributed by atoms with van der Waals surface area (Å²) in [6.07, 6.45) is 2.29. The van der Waals surface area contributed by atoms with E-state index in [1.807, 2.05) is 19.1 Å². The molecular formula is C16H24N2O4S. The summed E-state index contributed by atoms with van der Waals surface area (Å²) in [5.74, 6) is 0.786. The predicted molar refractivity (Wildman–Crippen MR) is 90.7 cm³/mol. The molecule has 1 aliphatic heterocycles. The molecular weight excluding hydrogens is 316 g/mol. The van der Waals surface area contributed by atoms with Crippen molar-refractivity contribution in [2.75, 3.05) is 30.5 Å². The first-order chi connectivity index (χ1) is 11.0. The minimum absolute atomic E-state index is 0.0516. The molecule has 1 fully saturated rings. The van der Waals surface area contributed by atoms with Gasteiger partial charge in [0, 0.05) is 12.6 Å². The van der Waals surface area contributed by atoms with Crippen LogP contribution < -0.4 is 10.1 Å². The molecule has 1 heterocycles. The number of methoxy groups -OCH3 is 1. The van der Waals surface area contributed by atoms with Gasteiger partial charge in [-0.3, -0.25) is 0 Å². The summed E-state index contributed by atoms with van der Waals surface area (Å²) in [6, 6.07) is 6.65. The SMILES string of the molecule is CCCCN(C(=O)Nc1ccccc1OC)[C@H]1CCS(=O)(=O)C1. The number of amides is 2.